The zero-order valence-corrected chi connectivity index (χ0v) is 11.6. The van der Waals surface area contributed by atoms with Crippen LogP contribution in [-0.4, -0.2) is 29.2 Å². The molecule has 1 aliphatic carbocycles. The second-order valence-electron chi connectivity index (χ2n) is 4.64. The van der Waals surface area contributed by atoms with Crippen LogP contribution in [0.3, 0.4) is 0 Å². The number of nitrogens with zero attached hydrogens (tertiary/aromatic N) is 2. The molecule has 0 aromatic carbocycles. The van der Waals surface area contributed by atoms with Gasteiger partial charge in [-0.25, -0.2) is 0 Å². The molecule has 1 fully saturated rings. The van der Waals surface area contributed by atoms with Gasteiger partial charge in [0.2, 0.25) is 10.1 Å². The molecule has 0 unspecified atom stereocenters. The summed E-state index contributed by atoms with van der Waals surface area (Å²) in [6.07, 6.45) is 6.42. The second-order valence-corrected chi connectivity index (χ2v) is 5.62. The van der Waals surface area contributed by atoms with Gasteiger partial charge in [0.25, 0.3) is 5.91 Å². The highest BCUT2D eigenvalue weighted by Gasteiger charge is 2.16. The molecule has 1 saturated carbocycles. The number of hydrogen-bond donors (Lipinski definition) is 2. The summed E-state index contributed by atoms with van der Waals surface area (Å²) in [6.45, 7) is 3.53. The lowest BCUT2D eigenvalue weighted by atomic mass is 10.0. The molecule has 1 heterocycles. The molecule has 1 amide bonds. The maximum absolute atomic E-state index is 11.8. The van der Waals surface area contributed by atoms with Crippen molar-refractivity contribution in [3.05, 3.63) is 5.01 Å². The molecule has 18 heavy (non-hydrogen) atoms. The van der Waals surface area contributed by atoms with E-state index in [2.05, 4.69) is 20.8 Å². The largest absolute Gasteiger partial charge is 0.360 e. The van der Waals surface area contributed by atoms with Gasteiger partial charge in [-0.2, -0.15) is 0 Å². The first kappa shape index (κ1) is 13.3. The van der Waals surface area contributed by atoms with E-state index >= 15 is 0 Å². The summed E-state index contributed by atoms with van der Waals surface area (Å²) in [5, 5.41) is 14.9. The Labute approximate surface area is 111 Å². The van der Waals surface area contributed by atoms with Crippen LogP contribution in [0, 0.1) is 5.92 Å². The topological polar surface area (TPSA) is 66.9 Å². The highest BCUT2D eigenvalue weighted by atomic mass is 32.1. The molecule has 0 aliphatic heterocycles. The summed E-state index contributed by atoms with van der Waals surface area (Å²) in [6, 6.07) is 0. The van der Waals surface area contributed by atoms with E-state index in [-0.39, 0.29) is 5.91 Å². The predicted molar refractivity (Wildman–Crippen MR) is 73.0 cm³/mol. The van der Waals surface area contributed by atoms with E-state index in [0.29, 0.717) is 10.1 Å². The average molecular weight is 268 g/mol. The van der Waals surface area contributed by atoms with Gasteiger partial charge in [-0.3, -0.25) is 4.79 Å². The molecule has 5 nitrogen and oxygen atoms in total. The molecule has 1 aliphatic rings. The van der Waals surface area contributed by atoms with Crippen LogP contribution < -0.4 is 10.6 Å². The van der Waals surface area contributed by atoms with Crippen molar-refractivity contribution in [1.29, 1.82) is 0 Å². The van der Waals surface area contributed by atoms with Crippen molar-refractivity contribution in [3.63, 3.8) is 0 Å². The van der Waals surface area contributed by atoms with E-state index in [1.165, 1.54) is 37.0 Å². The molecule has 0 atom stereocenters. The zero-order chi connectivity index (χ0) is 12.8. The fourth-order valence-electron chi connectivity index (χ4n) is 2.30. The molecule has 1 aromatic rings. The smallest absolute Gasteiger partial charge is 0.282 e. The maximum Gasteiger partial charge on any atom is 0.282 e. The summed E-state index contributed by atoms with van der Waals surface area (Å²) in [5.74, 6) is 0.701. The SMILES string of the molecule is CCNc1nnc(C(=O)NCCC2CCCC2)s1. The van der Waals surface area contributed by atoms with Crippen molar-refractivity contribution in [2.24, 2.45) is 5.92 Å². The Morgan fingerprint density at radius 2 is 2.17 bits per heavy atom. The fourth-order valence-corrected chi connectivity index (χ4v) is 3.03. The molecular weight excluding hydrogens is 248 g/mol. The number of aromatic nitrogens is 2. The van der Waals surface area contributed by atoms with Crippen molar-refractivity contribution < 1.29 is 4.79 Å². The van der Waals surface area contributed by atoms with Crippen LogP contribution in [0.1, 0.15) is 48.8 Å². The van der Waals surface area contributed by atoms with Gasteiger partial charge in [0.15, 0.2) is 0 Å². The number of hydrogen-bond acceptors (Lipinski definition) is 5. The Morgan fingerprint density at radius 1 is 1.39 bits per heavy atom. The maximum atomic E-state index is 11.8. The van der Waals surface area contributed by atoms with E-state index in [1.807, 2.05) is 6.92 Å². The Hall–Kier alpha value is -1.17. The standard InChI is InChI=1S/C12H20N4OS/c1-2-13-12-16-15-11(18-12)10(17)14-8-7-9-5-3-4-6-9/h9H,2-8H2,1H3,(H,13,16)(H,14,17). The number of nitrogens with one attached hydrogen (secondary N) is 2. The first-order valence-corrected chi connectivity index (χ1v) is 7.47. The van der Waals surface area contributed by atoms with E-state index in [0.717, 1.165) is 25.4 Å². The van der Waals surface area contributed by atoms with Gasteiger partial charge in [0, 0.05) is 13.1 Å². The highest BCUT2D eigenvalue weighted by Crippen LogP contribution is 2.26. The molecule has 1 aromatic heterocycles. The molecular formula is C12H20N4OS. The third-order valence-electron chi connectivity index (χ3n) is 3.26. The highest BCUT2D eigenvalue weighted by molar-refractivity contribution is 7.17. The van der Waals surface area contributed by atoms with E-state index in [9.17, 15) is 4.79 Å². The minimum Gasteiger partial charge on any atom is -0.360 e. The van der Waals surface area contributed by atoms with E-state index < -0.39 is 0 Å². The minimum atomic E-state index is -0.102. The van der Waals surface area contributed by atoms with Crippen LogP contribution >= 0.6 is 11.3 Å². The second kappa shape index (κ2) is 6.68. The van der Waals surface area contributed by atoms with Crippen LogP contribution in [0.2, 0.25) is 0 Å². The number of carbonyl (C=O) groups excluding carboxylic acids is 1. The molecule has 100 valence electrons. The summed E-state index contributed by atoms with van der Waals surface area (Å²) in [7, 11) is 0. The average Bonchev–Trinajstić information content (AvgIpc) is 3.00. The first-order valence-electron chi connectivity index (χ1n) is 6.65. The Morgan fingerprint density at radius 3 is 2.89 bits per heavy atom. The van der Waals surface area contributed by atoms with Gasteiger partial charge < -0.3 is 10.6 Å². The van der Waals surface area contributed by atoms with Crippen molar-refractivity contribution >= 4 is 22.4 Å². The monoisotopic (exact) mass is 268 g/mol. The number of anilines is 1. The first-order chi connectivity index (χ1) is 8.79. The molecule has 0 radical (unpaired) electrons. The minimum absolute atomic E-state index is 0.102. The summed E-state index contributed by atoms with van der Waals surface area (Å²) >= 11 is 1.30. The van der Waals surface area contributed by atoms with Crippen LogP contribution in [-0.2, 0) is 0 Å². The zero-order valence-electron chi connectivity index (χ0n) is 10.7. The number of amides is 1. The summed E-state index contributed by atoms with van der Waals surface area (Å²) in [5.41, 5.74) is 0. The number of rotatable bonds is 6. The van der Waals surface area contributed by atoms with Crippen molar-refractivity contribution in [1.82, 2.24) is 15.5 Å². The summed E-state index contributed by atoms with van der Waals surface area (Å²) in [4.78, 5) is 11.8. The van der Waals surface area contributed by atoms with Gasteiger partial charge in [0.1, 0.15) is 0 Å². The number of carbonyl (C=O) groups is 1. The van der Waals surface area contributed by atoms with Crippen LogP contribution in [0.4, 0.5) is 5.13 Å². The van der Waals surface area contributed by atoms with Gasteiger partial charge in [-0.1, -0.05) is 37.0 Å². The molecule has 6 heteroatoms. The van der Waals surface area contributed by atoms with Gasteiger partial charge >= 0.3 is 0 Å². The van der Waals surface area contributed by atoms with E-state index in [4.69, 9.17) is 0 Å². The van der Waals surface area contributed by atoms with Crippen molar-refractivity contribution in [2.45, 2.75) is 39.0 Å². The molecule has 0 saturated heterocycles. The summed E-state index contributed by atoms with van der Waals surface area (Å²) < 4.78 is 0. The molecule has 0 bridgehead atoms. The normalized spacial score (nSPS) is 15.8. The molecule has 2 N–H and O–H groups in total. The lowest BCUT2D eigenvalue weighted by molar-refractivity contribution is 0.0950. The third kappa shape index (κ3) is 3.66. The Bertz CT molecular complexity index is 387. The van der Waals surface area contributed by atoms with Gasteiger partial charge in [-0.05, 0) is 19.3 Å². The third-order valence-corrected chi connectivity index (χ3v) is 4.14. The quantitative estimate of drug-likeness (QED) is 0.830. The van der Waals surface area contributed by atoms with Crippen LogP contribution in [0.25, 0.3) is 0 Å². The van der Waals surface area contributed by atoms with E-state index in [1.54, 1.807) is 0 Å². The Kier molecular flexibility index (Phi) is 4.92. The van der Waals surface area contributed by atoms with Gasteiger partial charge in [-0.15, -0.1) is 10.2 Å². The predicted octanol–water partition coefficient (Wildman–Crippen LogP) is 2.28. The Balaban J connectivity index is 1.72. The van der Waals surface area contributed by atoms with Crippen LogP contribution in [0.5, 0.6) is 0 Å². The van der Waals surface area contributed by atoms with Crippen molar-refractivity contribution in [3.8, 4) is 0 Å². The van der Waals surface area contributed by atoms with Crippen molar-refractivity contribution in [2.75, 3.05) is 18.4 Å². The lowest BCUT2D eigenvalue weighted by Crippen LogP contribution is -2.25. The fraction of sp³-hybridized carbons (Fsp3) is 0.750. The van der Waals surface area contributed by atoms with Crippen LogP contribution in [0.15, 0.2) is 0 Å². The van der Waals surface area contributed by atoms with Gasteiger partial charge in [0.05, 0.1) is 0 Å². The molecule has 2 rings (SSSR count). The lowest BCUT2D eigenvalue weighted by Gasteiger charge is -2.08. The molecule has 0 spiro atoms.